The molecule has 1 aromatic rings. The first-order valence-corrected chi connectivity index (χ1v) is 6.58. The van der Waals surface area contributed by atoms with E-state index >= 15 is 0 Å². The molecular formula is C13H16N4O4. The van der Waals surface area contributed by atoms with Crippen molar-refractivity contribution in [1.82, 2.24) is 4.90 Å². The van der Waals surface area contributed by atoms with Crippen LogP contribution in [0.2, 0.25) is 0 Å². The van der Waals surface area contributed by atoms with Crippen molar-refractivity contribution in [2.45, 2.75) is 18.9 Å². The van der Waals surface area contributed by atoms with E-state index in [0.29, 0.717) is 18.7 Å². The summed E-state index contributed by atoms with van der Waals surface area (Å²) in [5.74, 6) is -0.556. The molecule has 21 heavy (non-hydrogen) atoms. The molecule has 2 rings (SSSR count). The van der Waals surface area contributed by atoms with Gasteiger partial charge in [-0.2, -0.15) is 0 Å². The van der Waals surface area contributed by atoms with E-state index in [1.165, 1.54) is 29.2 Å². The molecule has 0 spiro atoms. The first kappa shape index (κ1) is 14.9. The van der Waals surface area contributed by atoms with E-state index < -0.39 is 11.0 Å². The zero-order valence-electron chi connectivity index (χ0n) is 11.3. The molecule has 1 aliphatic heterocycles. The van der Waals surface area contributed by atoms with Crippen molar-refractivity contribution in [2.24, 2.45) is 5.73 Å². The van der Waals surface area contributed by atoms with Crippen molar-refractivity contribution in [3.05, 3.63) is 34.4 Å². The van der Waals surface area contributed by atoms with Crippen molar-refractivity contribution in [1.29, 1.82) is 0 Å². The van der Waals surface area contributed by atoms with Crippen LogP contribution in [-0.2, 0) is 9.59 Å². The number of carbonyl (C=O) groups excluding carboxylic acids is 2. The van der Waals surface area contributed by atoms with Gasteiger partial charge in [0.15, 0.2) is 0 Å². The summed E-state index contributed by atoms with van der Waals surface area (Å²) in [6.45, 7) is 0.399. The maximum absolute atomic E-state index is 12.2. The van der Waals surface area contributed by atoms with Gasteiger partial charge in [-0.25, -0.2) is 0 Å². The highest BCUT2D eigenvalue weighted by molar-refractivity contribution is 5.97. The third-order valence-corrected chi connectivity index (χ3v) is 3.40. The number of hydrogen-bond acceptors (Lipinski definition) is 5. The van der Waals surface area contributed by atoms with Gasteiger partial charge in [-0.15, -0.1) is 0 Å². The molecule has 2 amide bonds. The number of rotatable bonds is 4. The number of hydrogen-bond donors (Lipinski definition) is 2. The Labute approximate surface area is 121 Å². The normalized spacial score (nSPS) is 17.6. The van der Waals surface area contributed by atoms with Crippen LogP contribution in [0.1, 0.15) is 12.8 Å². The molecule has 1 fully saturated rings. The summed E-state index contributed by atoms with van der Waals surface area (Å²) in [7, 11) is 0. The van der Waals surface area contributed by atoms with Crippen LogP contribution >= 0.6 is 0 Å². The Morgan fingerprint density at radius 3 is 2.62 bits per heavy atom. The van der Waals surface area contributed by atoms with E-state index in [1.54, 1.807) is 0 Å². The average molecular weight is 292 g/mol. The number of nitrogens with two attached hydrogens (primary N) is 1. The summed E-state index contributed by atoms with van der Waals surface area (Å²) < 4.78 is 0. The molecule has 1 heterocycles. The third-order valence-electron chi connectivity index (χ3n) is 3.40. The lowest BCUT2D eigenvalue weighted by atomic mass is 10.2. The summed E-state index contributed by atoms with van der Waals surface area (Å²) in [4.78, 5) is 35.4. The second-order valence-corrected chi connectivity index (χ2v) is 4.74. The predicted molar refractivity (Wildman–Crippen MR) is 75.5 cm³/mol. The minimum Gasteiger partial charge on any atom is -0.330 e. The minimum atomic E-state index is -0.531. The first-order valence-electron chi connectivity index (χ1n) is 6.58. The third kappa shape index (κ3) is 3.34. The largest absolute Gasteiger partial charge is 0.330 e. The summed E-state index contributed by atoms with van der Waals surface area (Å²) in [5, 5.41) is 13.2. The fraction of sp³-hybridized carbons (Fsp3) is 0.385. The first-order chi connectivity index (χ1) is 10.0. The topological polar surface area (TPSA) is 119 Å². The molecule has 0 radical (unpaired) electrons. The summed E-state index contributed by atoms with van der Waals surface area (Å²) in [6.07, 6.45) is 1.34. The van der Waals surface area contributed by atoms with E-state index in [4.69, 9.17) is 5.73 Å². The number of amides is 2. The fourth-order valence-electron chi connectivity index (χ4n) is 2.35. The molecule has 1 saturated heterocycles. The molecule has 1 atom stereocenters. The number of non-ortho nitro benzene ring substituents is 1. The van der Waals surface area contributed by atoms with Crippen molar-refractivity contribution in [3.8, 4) is 0 Å². The number of likely N-dealkylation sites (tertiary alicyclic amines) is 1. The van der Waals surface area contributed by atoms with Crippen LogP contribution in [0.25, 0.3) is 0 Å². The van der Waals surface area contributed by atoms with Crippen LogP contribution < -0.4 is 11.1 Å². The SMILES string of the molecule is NCC(=O)N1CCC[C@H]1C(=O)Nc1ccc([N+](=O)[O-])cc1. The Morgan fingerprint density at radius 1 is 1.38 bits per heavy atom. The lowest BCUT2D eigenvalue weighted by Crippen LogP contribution is -2.45. The Morgan fingerprint density at radius 2 is 2.05 bits per heavy atom. The molecule has 0 bridgehead atoms. The molecule has 0 unspecified atom stereocenters. The van der Waals surface area contributed by atoms with Gasteiger partial charge in [-0.05, 0) is 25.0 Å². The number of nitro groups is 1. The second kappa shape index (κ2) is 6.31. The van der Waals surface area contributed by atoms with Gasteiger partial charge in [0.25, 0.3) is 5.69 Å². The minimum absolute atomic E-state index is 0.0474. The second-order valence-electron chi connectivity index (χ2n) is 4.74. The van der Waals surface area contributed by atoms with Crippen LogP contribution in [0, 0.1) is 10.1 Å². The smallest absolute Gasteiger partial charge is 0.269 e. The zero-order valence-corrected chi connectivity index (χ0v) is 11.3. The van der Waals surface area contributed by atoms with E-state index in [1.807, 2.05) is 0 Å². The monoisotopic (exact) mass is 292 g/mol. The van der Waals surface area contributed by atoms with Gasteiger partial charge in [0.05, 0.1) is 11.5 Å². The maximum atomic E-state index is 12.2. The number of nitrogens with zero attached hydrogens (tertiary/aromatic N) is 2. The Balaban J connectivity index is 2.03. The van der Waals surface area contributed by atoms with Gasteiger partial charge in [-0.1, -0.05) is 0 Å². The van der Waals surface area contributed by atoms with Crippen LogP contribution in [-0.4, -0.2) is 40.8 Å². The van der Waals surface area contributed by atoms with Crippen molar-refractivity contribution in [2.75, 3.05) is 18.4 Å². The van der Waals surface area contributed by atoms with Gasteiger partial charge in [0.2, 0.25) is 11.8 Å². The standard InChI is InChI=1S/C13H16N4O4/c14-8-12(18)16-7-1-2-11(16)13(19)15-9-3-5-10(6-4-9)17(20)21/h3-6,11H,1-2,7-8,14H2,(H,15,19)/t11-/m0/s1. The number of anilines is 1. The molecular weight excluding hydrogens is 276 g/mol. The highest BCUT2D eigenvalue weighted by atomic mass is 16.6. The molecule has 0 saturated carbocycles. The maximum Gasteiger partial charge on any atom is 0.269 e. The van der Waals surface area contributed by atoms with Crippen LogP contribution in [0.4, 0.5) is 11.4 Å². The van der Waals surface area contributed by atoms with Crippen molar-refractivity contribution >= 4 is 23.2 Å². The van der Waals surface area contributed by atoms with Crippen molar-refractivity contribution < 1.29 is 14.5 Å². The molecule has 1 aromatic carbocycles. The number of nitrogens with one attached hydrogen (secondary N) is 1. The van der Waals surface area contributed by atoms with Crippen molar-refractivity contribution in [3.63, 3.8) is 0 Å². The lowest BCUT2D eigenvalue weighted by Gasteiger charge is -2.23. The quantitative estimate of drug-likeness (QED) is 0.618. The van der Waals surface area contributed by atoms with E-state index in [2.05, 4.69) is 5.32 Å². The fourth-order valence-corrected chi connectivity index (χ4v) is 2.35. The molecule has 3 N–H and O–H groups in total. The van der Waals surface area contributed by atoms with Crippen LogP contribution in [0.15, 0.2) is 24.3 Å². The highest BCUT2D eigenvalue weighted by Crippen LogP contribution is 2.20. The van der Waals surface area contributed by atoms with Gasteiger partial charge < -0.3 is 16.0 Å². The number of nitro benzene ring substituents is 1. The Kier molecular flexibility index (Phi) is 4.49. The molecule has 8 nitrogen and oxygen atoms in total. The van der Waals surface area contributed by atoms with Gasteiger partial charge in [0, 0.05) is 24.4 Å². The Bertz CT molecular complexity index is 558. The molecule has 112 valence electrons. The molecule has 8 heteroatoms. The van der Waals surface area contributed by atoms with E-state index in [-0.39, 0.29) is 24.0 Å². The van der Waals surface area contributed by atoms with Gasteiger partial charge in [0.1, 0.15) is 6.04 Å². The van der Waals surface area contributed by atoms with Gasteiger partial charge in [-0.3, -0.25) is 19.7 Å². The van der Waals surface area contributed by atoms with Crippen LogP contribution in [0.3, 0.4) is 0 Å². The summed E-state index contributed by atoms with van der Waals surface area (Å²) in [5.41, 5.74) is 5.73. The number of benzene rings is 1. The summed E-state index contributed by atoms with van der Waals surface area (Å²) >= 11 is 0. The summed E-state index contributed by atoms with van der Waals surface area (Å²) in [6, 6.07) is 5.01. The lowest BCUT2D eigenvalue weighted by molar-refractivity contribution is -0.384. The van der Waals surface area contributed by atoms with Crippen LogP contribution in [0.5, 0.6) is 0 Å². The number of carbonyl (C=O) groups is 2. The molecule has 1 aliphatic rings. The average Bonchev–Trinajstić information content (AvgIpc) is 2.96. The Hall–Kier alpha value is -2.48. The zero-order chi connectivity index (χ0) is 15.4. The predicted octanol–water partition coefficient (Wildman–Crippen LogP) is 0.483. The molecule has 0 aliphatic carbocycles. The van der Waals surface area contributed by atoms with E-state index in [0.717, 1.165) is 6.42 Å². The van der Waals surface area contributed by atoms with Gasteiger partial charge >= 0.3 is 0 Å². The molecule has 0 aromatic heterocycles. The van der Waals surface area contributed by atoms with E-state index in [9.17, 15) is 19.7 Å². The highest BCUT2D eigenvalue weighted by Gasteiger charge is 2.33.